The molecule has 2 aromatic rings. The molecule has 0 saturated heterocycles. The van der Waals surface area contributed by atoms with Gasteiger partial charge in [0.05, 0.1) is 0 Å². The molecule has 0 aliphatic rings. The maximum atomic E-state index is 13.7. The van der Waals surface area contributed by atoms with E-state index in [-0.39, 0.29) is 17.3 Å². The van der Waals surface area contributed by atoms with E-state index in [0.717, 1.165) is 4.47 Å². The summed E-state index contributed by atoms with van der Waals surface area (Å²) in [5.41, 5.74) is 6.15. The van der Waals surface area contributed by atoms with Crippen LogP contribution in [-0.2, 0) is 6.61 Å². The molecule has 0 fully saturated rings. The normalized spacial score (nSPS) is 10.3. The summed E-state index contributed by atoms with van der Waals surface area (Å²) in [5.74, 6) is -0.983. The highest BCUT2D eigenvalue weighted by atomic mass is 79.9. The van der Waals surface area contributed by atoms with Gasteiger partial charge in [0.15, 0.2) is 11.6 Å². The zero-order valence-electron chi connectivity index (χ0n) is 10.2. The molecule has 20 heavy (non-hydrogen) atoms. The molecule has 0 amide bonds. The van der Waals surface area contributed by atoms with Gasteiger partial charge in [-0.05, 0) is 36.4 Å². The van der Waals surface area contributed by atoms with Crippen LogP contribution in [0.25, 0.3) is 0 Å². The van der Waals surface area contributed by atoms with Gasteiger partial charge < -0.3 is 10.5 Å². The minimum atomic E-state index is -0.592. The molecule has 0 atom stereocenters. The van der Waals surface area contributed by atoms with Crippen molar-refractivity contribution in [2.75, 3.05) is 0 Å². The van der Waals surface area contributed by atoms with Crippen LogP contribution in [-0.4, -0.2) is 4.99 Å². The fourth-order valence-electron chi connectivity index (χ4n) is 1.58. The summed E-state index contributed by atoms with van der Waals surface area (Å²) >= 11 is 7.99. The Morgan fingerprint density at radius 2 is 1.90 bits per heavy atom. The fraction of sp³-hybridized carbons (Fsp3) is 0.0714. The van der Waals surface area contributed by atoms with Crippen molar-refractivity contribution in [3.05, 3.63) is 63.6 Å². The van der Waals surface area contributed by atoms with Gasteiger partial charge in [0.2, 0.25) is 0 Å². The molecule has 6 heteroatoms. The SMILES string of the molecule is NC(=S)c1ccc(OCc2cc(Br)ccc2F)c(F)c1. The second-order valence-corrected chi connectivity index (χ2v) is 5.39. The molecule has 0 unspecified atom stereocenters. The lowest BCUT2D eigenvalue weighted by atomic mass is 10.2. The largest absolute Gasteiger partial charge is 0.486 e. The lowest BCUT2D eigenvalue weighted by Crippen LogP contribution is -2.10. The van der Waals surface area contributed by atoms with E-state index in [4.69, 9.17) is 22.7 Å². The van der Waals surface area contributed by atoms with Crippen molar-refractivity contribution in [2.24, 2.45) is 5.73 Å². The second-order valence-electron chi connectivity index (χ2n) is 4.03. The van der Waals surface area contributed by atoms with Gasteiger partial charge >= 0.3 is 0 Å². The minimum Gasteiger partial charge on any atom is -0.486 e. The van der Waals surface area contributed by atoms with Crippen molar-refractivity contribution in [3.63, 3.8) is 0 Å². The van der Waals surface area contributed by atoms with E-state index in [0.29, 0.717) is 11.1 Å². The zero-order chi connectivity index (χ0) is 14.7. The number of benzene rings is 2. The van der Waals surface area contributed by atoms with Crippen molar-refractivity contribution < 1.29 is 13.5 Å². The summed E-state index contributed by atoms with van der Waals surface area (Å²) < 4.78 is 33.3. The van der Waals surface area contributed by atoms with Gasteiger partial charge in [-0.25, -0.2) is 8.78 Å². The molecule has 0 saturated carbocycles. The van der Waals surface area contributed by atoms with E-state index in [2.05, 4.69) is 15.9 Å². The van der Waals surface area contributed by atoms with Gasteiger partial charge in [0.1, 0.15) is 17.4 Å². The molecule has 2 aromatic carbocycles. The van der Waals surface area contributed by atoms with E-state index in [1.165, 1.54) is 18.2 Å². The third-order valence-corrected chi connectivity index (χ3v) is 3.34. The minimum absolute atomic E-state index is 0.0179. The number of rotatable bonds is 4. The molecular formula is C14H10BrF2NOS. The van der Waals surface area contributed by atoms with Crippen molar-refractivity contribution in [1.82, 2.24) is 0 Å². The Balaban J connectivity index is 2.15. The Hall–Kier alpha value is -1.53. The molecule has 0 spiro atoms. The van der Waals surface area contributed by atoms with Crippen molar-refractivity contribution in [2.45, 2.75) is 6.61 Å². The number of hydrogen-bond donors (Lipinski definition) is 1. The number of thiocarbonyl (C=S) groups is 1. The Morgan fingerprint density at radius 3 is 2.55 bits per heavy atom. The first kappa shape index (κ1) is 14.9. The smallest absolute Gasteiger partial charge is 0.165 e. The Morgan fingerprint density at radius 1 is 1.15 bits per heavy atom. The maximum absolute atomic E-state index is 13.7. The van der Waals surface area contributed by atoms with E-state index in [1.54, 1.807) is 18.2 Å². The molecule has 0 heterocycles. The molecule has 2 N–H and O–H groups in total. The molecule has 2 rings (SSSR count). The summed E-state index contributed by atoms with van der Waals surface area (Å²) in [7, 11) is 0. The predicted octanol–water partition coefficient (Wildman–Crippen LogP) is 3.94. The van der Waals surface area contributed by atoms with Crippen molar-refractivity contribution in [3.8, 4) is 5.75 Å². The van der Waals surface area contributed by atoms with Crippen LogP contribution in [0.15, 0.2) is 40.9 Å². The predicted molar refractivity (Wildman–Crippen MR) is 80.7 cm³/mol. The van der Waals surface area contributed by atoms with E-state index in [9.17, 15) is 8.78 Å². The monoisotopic (exact) mass is 357 g/mol. The molecule has 0 aromatic heterocycles. The molecular weight excluding hydrogens is 348 g/mol. The molecule has 104 valence electrons. The fourth-order valence-corrected chi connectivity index (χ4v) is 2.12. The van der Waals surface area contributed by atoms with Crippen LogP contribution < -0.4 is 10.5 Å². The first-order valence-electron chi connectivity index (χ1n) is 5.63. The first-order chi connectivity index (χ1) is 9.47. The summed E-state index contributed by atoms with van der Waals surface area (Å²) in [6.45, 7) is -0.0748. The van der Waals surface area contributed by atoms with Gasteiger partial charge in [0, 0.05) is 15.6 Å². The van der Waals surface area contributed by atoms with Crippen LogP contribution in [0.4, 0.5) is 8.78 Å². The van der Waals surface area contributed by atoms with Gasteiger partial charge in [0.25, 0.3) is 0 Å². The van der Waals surface area contributed by atoms with E-state index < -0.39 is 11.6 Å². The number of halogens is 3. The number of ether oxygens (including phenoxy) is 1. The molecule has 2 nitrogen and oxygen atoms in total. The molecule has 0 bridgehead atoms. The maximum Gasteiger partial charge on any atom is 0.165 e. The number of hydrogen-bond acceptors (Lipinski definition) is 2. The summed E-state index contributed by atoms with van der Waals surface area (Å²) in [6.07, 6.45) is 0. The average Bonchev–Trinajstić information content (AvgIpc) is 2.40. The van der Waals surface area contributed by atoms with E-state index in [1.807, 2.05) is 0 Å². The highest BCUT2D eigenvalue weighted by molar-refractivity contribution is 9.10. The highest BCUT2D eigenvalue weighted by Crippen LogP contribution is 2.21. The lowest BCUT2D eigenvalue weighted by Gasteiger charge is -2.09. The van der Waals surface area contributed by atoms with Crippen LogP contribution in [0.2, 0.25) is 0 Å². The van der Waals surface area contributed by atoms with Crippen LogP contribution in [0.3, 0.4) is 0 Å². The Bertz CT molecular complexity index is 664. The summed E-state index contributed by atoms with van der Waals surface area (Å²) in [6, 6.07) is 8.63. The first-order valence-corrected chi connectivity index (χ1v) is 6.83. The number of nitrogens with two attached hydrogens (primary N) is 1. The van der Waals surface area contributed by atoms with Gasteiger partial charge in [-0.2, -0.15) is 0 Å². The van der Waals surface area contributed by atoms with Gasteiger partial charge in [-0.15, -0.1) is 0 Å². The molecule has 0 aliphatic heterocycles. The Kier molecular flexibility index (Phi) is 4.67. The van der Waals surface area contributed by atoms with Crippen LogP contribution in [0.1, 0.15) is 11.1 Å². The van der Waals surface area contributed by atoms with Crippen LogP contribution >= 0.6 is 28.1 Å². The Labute approximate surface area is 128 Å². The standard InChI is InChI=1S/C14H10BrF2NOS/c15-10-2-3-11(16)9(5-10)7-19-13-4-1-8(14(18)20)6-12(13)17/h1-6H,7H2,(H2,18,20). The second kappa shape index (κ2) is 6.28. The quantitative estimate of drug-likeness (QED) is 0.841. The average molecular weight is 358 g/mol. The highest BCUT2D eigenvalue weighted by Gasteiger charge is 2.09. The molecule has 0 radical (unpaired) electrons. The van der Waals surface area contributed by atoms with Crippen molar-refractivity contribution in [1.29, 1.82) is 0 Å². The zero-order valence-corrected chi connectivity index (χ0v) is 12.6. The summed E-state index contributed by atoms with van der Waals surface area (Å²) in [5, 5.41) is 0. The van der Waals surface area contributed by atoms with Crippen LogP contribution in [0, 0.1) is 11.6 Å². The molecule has 0 aliphatic carbocycles. The summed E-state index contributed by atoms with van der Waals surface area (Å²) in [4.78, 5) is 0.105. The topological polar surface area (TPSA) is 35.2 Å². The third-order valence-electron chi connectivity index (χ3n) is 2.61. The van der Waals surface area contributed by atoms with Gasteiger partial charge in [-0.1, -0.05) is 28.1 Å². The lowest BCUT2D eigenvalue weighted by molar-refractivity contribution is 0.284. The van der Waals surface area contributed by atoms with Gasteiger partial charge in [-0.3, -0.25) is 0 Å². The van der Waals surface area contributed by atoms with E-state index >= 15 is 0 Å². The van der Waals surface area contributed by atoms with Crippen molar-refractivity contribution >= 4 is 33.1 Å². The van der Waals surface area contributed by atoms with Crippen LogP contribution in [0.5, 0.6) is 5.75 Å². The third kappa shape index (κ3) is 3.52.